The molecule has 1 saturated carbocycles. The van der Waals surface area contributed by atoms with Crippen molar-refractivity contribution in [2.24, 2.45) is 13.0 Å². The second-order valence-electron chi connectivity index (χ2n) is 8.71. The Morgan fingerprint density at radius 1 is 1.28 bits per heavy atom. The van der Waals surface area contributed by atoms with Gasteiger partial charge in [0.05, 0.1) is 22.7 Å². The van der Waals surface area contributed by atoms with Crippen molar-refractivity contribution in [3.8, 4) is 11.3 Å². The average molecular weight is 460 g/mol. The van der Waals surface area contributed by atoms with Crippen LogP contribution in [-0.2, 0) is 28.4 Å². The number of fused-ring (bicyclic) bond motifs is 1. The molecule has 2 aromatic rings. The van der Waals surface area contributed by atoms with Crippen LogP contribution in [0.1, 0.15) is 56.0 Å². The Morgan fingerprint density at radius 3 is 2.62 bits per heavy atom. The van der Waals surface area contributed by atoms with Crippen LogP contribution in [0.25, 0.3) is 11.3 Å². The van der Waals surface area contributed by atoms with E-state index in [0.29, 0.717) is 41.6 Å². The predicted molar refractivity (Wildman–Crippen MR) is 123 cm³/mol. The maximum absolute atomic E-state index is 13.3. The summed E-state index contributed by atoms with van der Waals surface area (Å²) in [5.74, 6) is 0.519. The number of anilines is 2. The van der Waals surface area contributed by atoms with Crippen LogP contribution in [0.5, 0.6) is 0 Å². The third-order valence-corrected chi connectivity index (χ3v) is 7.53. The fourth-order valence-corrected chi connectivity index (χ4v) is 5.47. The highest BCUT2D eigenvalue weighted by molar-refractivity contribution is 7.92. The molecule has 0 bridgehead atoms. The monoisotopic (exact) mass is 459 g/mol. The molecular formula is C22H29N5O4S. The van der Waals surface area contributed by atoms with E-state index in [0.717, 1.165) is 24.0 Å². The molecule has 2 amide bonds. The number of aryl methyl sites for hydroxylation is 1. The largest absolute Gasteiger partial charge is 0.331 e. The lowest BCUT2D eigenvalue weighted by atomic mass is 10.0. The van der Waals surface area contributed by atoms with E-state index >= 15 is 0 Å². The molecule has 1 aromatic carbocycles. The molecule has 1 fully saturated rings. The fraction of sp³-hybridized carbons (Fsp3) is 0.500. The Bertz CT molecular complexity index is 1180. The molecule has 10 heteroatoms. The van der Waals surface area contributed by atoms with E-state index in [1.807, 2.05) is 11.0 Å². The van der Waals surface area contributed by atoms with Crippen LogP contribution in [0.3, 0.4) is 0 Å². The Morgan fingerprint density at radius 2 is 2.00 bits per heavy atom. The number of hydrogen-bond acceptors (Lipinski definition) is 5. The van der Waals surface area contributed by atoms with E-state index < -0.39 is 10.0 Å². The Hall–Kier alpha value is -2.88. The molecule has 32 heavy (non-hydrogen) atoms. The number of nitrogens with one attached hydrogen (secondary N) is 2. The van der Waals surface area contributed by atoms with E-state index in [4.69, 9.17) is 0 Å². The number of benzene rings is 1. The summed E-state index contributed by atoms with van der Waals surface area (Å²) in [6, 6.07) is 5.44. The number of aromatic nitrogens is 2. The van der Waals surface area contributed by atoms with Gasteiger partial charge in [0, 0.05) is 38.2 Å². The first-order chi connectivity index (χ1) is 15.1. The quantitative estimate of drug-likeness (QED) is 0.630. The van der Waals surface area contributed by atoms with Gasteiger partial charge in [-0.3, -0.25) is 19.0 Å². The van der Waals surface area contributed by atoms with Gasteiger partial charge in [0.2, 0.25) is 15.9 Å². The molecule has 1 aromatic heterocycles. The van der Waals surface area contributed by atoms with E-state index in [9.17, 15) is 18.0 Å². The van der Waals surface area contributed by atoms with E-state index in [1.54, 1.807) is 30.8 Å². The standard InChI is InChI=1S/C22H29N5O4S/c1-5-8-32(30,31)25-18-10-16(19-11-20(23-14(3)28)24-26(19)4)9-17-12-27(22(29)21(17)18)13(2)15-6-7-15/h9-11,13,15,25H,5-8,12H2,1-4H3,(H,23,24,28). The summed E-state index contributed by atoms with van der Waals surface area (Å²) >= 11 is 0. The van der Waals surface area contributed by atoms with Gasteiger partial charge in [-0.05, 0) is 49.8 Å². The van der Waals surface area contributed by atoms with Crippen LogP contribution in [0, 0.1) is 5.92 Å². The number of nitrogens with zero attached hydrogens (tertiary/aromatic N) is 3. The van der Waals surface area contributed by atoms with Gasteiger partial charge in [0.1, 0.15) is 0 Å². The van der Waals surface area contributed by atoms with Crippen molar-refractivity contribution < 1.29 is 18.0 Å². The zero-order valence-electron chi connectivity index (χ0n) is 18.8. The summed E-state index contributed by atoms with van der Waals surface area (Å²) < 4.78 is 29.4. The first-order valence-electron chi connectivity index (χ1n) is 10.9. The second kappa shape index (κ2) is 8.23. The summed E-state index contributed by atoms with van der Waals surface area (Å²) in [6.45, 7) is 5.71. The minimum absolute atomic E-state index is 0.0270. The molecule has 1 aliphatic heterocycles. The van der Waals surface area contributed by atoms with Gasteiger partial charge in [-0.25, -0.2) is 8.42 Å². The van der Waals surface area contributed by atoms with Gasteiger partial charge in [0.25, 0.3) is 5.91 Å². The molecule has 2 aliphatic rings. The number of hydrogen-bond donors (Lipinski definition) is 2. The van der Waals surface area contributed by atoms with E-state index in [1.165, 1.54) is 6.92 Å². The van der Waals surface area contributed by atoms with Crippen molar-refractivity contribution in [3.63, 3.8) is 0 Å². The van der Waals surface area contributed by atoms with E-state index in [2.05, 4.69) is 22.1 Å². The van der Waals surface area contributed by atoms with Crippen molar-refractivity contribution in [2.75, 3.05) is 15.8 Å². The number of amides is 2. The number of rotatable bonds is 8. The fourth-order valence-electron chi connectivity index (χ4n) is 4.33. The molecule has 1 aliphatic carbocycles. The molecule has 172 valence electrons. The van der Waals surface area contributed by atoms with Gasteiger partial charge in [-0.1, -0.05) is 6.92 Å². The molecular weight excluding hydrogens is 430 g/mol. The summed E-state index contributed by atoms with van der Waals surface area (Å²) in [6.07, 6.45) is 2.70. The molecule has 1 atom stereocenters. The second-order valence-corrected chi connectivity index (χ2v) is 10.6. The van der Waals surface area contributed by atoms with Crippen LogP contribution in [0.4, 0.5) is 11.5 Å². The number of carbonyl (C=O) groups is 2. The van der Waals surface area contributed by atoms with Crippen LogP contribution >= 0.6 is 0 Å². The van der Waals surface area contributed by atoms with Gasteiger partial charge in [0.15, 0.2) is 5.82 Å². The van der Waals surface area contributed by atoms with E-state index in [-0.39, 0.29) is 23.6 Å². The van der Waals surface area contributed by atoms with Gasteiger partial charge >= 0.3 is 0 Å². The first kappa shape index (κ1) is 22.3. The lowest BCUT2D eigenvalue weighted by molar-refractivity contribution is -0.114. The highest BCUT2D eigenvalue weighted by atomic mass is 32.2. The Labute approximate surface area is 188 Å². The van der Waals surface area contributed by atoms with Gasteiger partial charge in [-0.15, -0.1) is 0 Å². The van der Waals surface area contributed by atoms with Crippen LogP contribution in [0.15, 0.2) is 18.2 Å². The molecule has 2 heterocycles. The zero-order chi connectivity index (χ0) is 23.2. The lowest BCUT2D eigenvalue weighted by Crippen LogP contribution is -2.35. The molecule has 4 rings (SSSR count). The predicted octanol–water partition coefficient (Wildman–Crippen LogP) is 2.95. The third-order valence-electron chi connectivity index (χ3n) is 6.05. The van der Waals surface area contributed by atoms with Crippen molar-refractivity contribution in [3.05, 3.63) is 29.3 Å². The molecule has 0 radical (unpaired) electrons. The maximum atomic E-state index is 13.3. The smallest absolute Gasteiger partial charge is 0.256 e. The summed E-state index contributed by atoms with van der Waals surface area (Å²) in [5.41, 5.74) is 2.93. The SMILES string of the molecule is CCCS(=O)(=O)Nc1cc(-c2cc(NC(C)=O)nn2C)cc2c1C(=O)N(C(C)C1CC1)C2. The van der Waals surface area contributed by atoms with Crippen LogP contribution in [0.2, 0.25) is 0 Å². The summed E-state index contributed by atoms with van der Waals surface area (Å²) in [4.78, 5) is 26.6. The lowest BCUT2D eigenvalue weighted by Gasteiger charge is -2.24. The Balaban J connectivity index is 1.78. The van der Waals surface area contributed by atoms with Crippen LogP contribution in [-0.4, -0.2) is 46.7 Å². The van der Waals surface area contributed by atoms with Crippen molar-refractivity contribution in [2.45, 2.75) is 52.6 Å². The van der Waals surface area contributed by atoms with Gasteiger partial charge in [-0.2, -0.15) is 5.10 Å². The molecule has 1 unspecified atom stereocenters. The highest BCUT2D eigenvalue weighted by Gasteiger charge is 2.40. The molecule has 0 saturated heterocycles. The van der Waals surface area contributed by atoms with Crippen LogP contribution < -0.4 is 10.0 Å². The highest BCUT2D eigenvalue weighted by Crippen LogP contribution is 2.41. The minimum atomic E-state index is -3.59. The molecule has 0 spiro atoms. The Kier molecular flexibility index (Phi) is 5.74. The maximum Gasteiger partial charge on any atom is 0.256 e. The topological polar surface area (TPSA) is 113 Å². The molecule has 2 N–H and O–H groups in total. The summed E-state index contributed by atoms with van der Waals surface area (Å²) in [5, 5.41) is 6.97. The number of sulfonamides is 1. The first-order valence-corrected chi connectivity index (χ1v) is 12.5. The van der Waals surface area contributed by atoms with Crippen molar-refractivity contribution >= 4 is 33.3 Å². The minimum Gasteiger partial charge on any atom is -0.331 e. The van der Waals surface area contributed by atoms with Crippen molar-refractivity contribution in [1.82, 2.24) is 14.7 Å². The third kappa shape index (κ3) is 4.36. The van der Waals surface area contributed by atoms with Crippen molar-refractivity contribution in [1.29, 1.82) is 0 Å². The number of carbonyl (C=O) groups excluding carboxylic acids is 2. The molecule has 9 nitrogen and oxygen atoms in total. The average Bonchev–Trinajstić information content (AvgIpc) is 3.40. The zero-order valence-corrected chi connectivity index (χ0v) is 19.6. The normalized spacial score (nSPS) is 16.8. The van der Waals surface area contributed by atoms with Gasteiger partial charge < -0.3 is 10.2 Å². The summed E-state index contributed by atoms with van der Waals surface area (Å²) in [7, 11) is -1.84.